The molecule has 5 rings (SSSR count). The van der Waals surface area contributed by atoms with Gasteiger partial charge < -0.3 is 19.1 Å². The van der Waals surface area contributed by atoms with Gasteiger partial charge in [0.05, 0.1) is 26.0 Å². The van der Waals surface area contributed by atoms with Crippen molar-refractivity contribution in [1.29, 1.82) is 0 Å². The van der Waals surface area contributed by atoms with Crippen LogP contribution < -0.4 is 9.47 Å². The van der Waals surface area contributed by atoms with Crippen LogP contribution >= 0.6 is 0 Å². The molecule has 31 heavy (non-hydrogen) atoms. The van der Waals surface area contributed by atoms with E-state index in [9.17, 15) is 5.11 Å². The van der Waals surface area contributed by atoms with Gasteiger partial charge in [-0.1, -0.05) is 42.5 Å². The summed E-state index contributed by atoms with van der Waals surface area (Å²) >= 11 is 0. The molecule has 0 saturated heterocycles. The van der Waals surface area contributed by atoms with Crippen molar-refractivity contribution in [2.24, 2.45) is 5.92 Å². The Kier molecular flexibility index (Phi) is 5.39. The molecule has 0 atom stereocenters. The molecule has 4 heteroatoms. The molecule has 1 fully saturated rings. The van der Waals surface area contributed by atoms with Crippen molar-refractivity contribution in [3.63, 3.8) is 0 Å². The standard InChI is InChI=1S/C27H27NO3/c1-30-23-6-4-5-20(15-23)16-28-25-8-3-2-7-24(25)27(26(28)17-29)21-11-13-22(14-12-21)31-18-19-9-10-19/h2-8,11-15,19,29H,9-10,16-18H2,1H3. The number of aliphatic hydroxyl groups excluding tert-OH is 1. The van der Waals surface area contributed by atoms with Gasteiger partial charge in [0.15, 0.2) is 0 Å². The van der Waals surface area contributed by atoms with Crippen molar-refractivity contribution in [3.8, 4) is 22.6 Å². The fourth-order valence-corrected chi connectivity index (χ4v) is 4.19. The molecule has 4 nitrogen and oxygen atoms in total. The Hall–Kier alpha value is -3.24. The Balaban J connectivity index is 1.55. The maximum absolute atomic E-state index is 10.4. The largest absolute Gasteiger partial charge is 0.497 e. The second-order valence-corrected chi connectivity index (χ2v) is 8.21. The first-order valence-corrected chi connectivity index (χ1v) is 10.8. The molecule has 1 N–H and O–H groups in total. The number of aromatic nitrogens is 1. The summed E-state index contributed by atoms with van der Waals surface area (Å²) < 4.78 is 13.5. The van der Waals surface area contributed by atoms with Crippen molar-refractivity contribution in [3.05, 3.63) is 84.1 Å². The average Bonchev–Trinajstić information content (AvgIpc) is 3.60. The quantitative estimate of drug-likeness (QED) is 0.406. The molecule has 0 unspecified atom stereocenters. The molecule has 4 aromatic rings. The SMILES string of the molecule is COc1cccc(Cn2c(CO)c(-c3ccc(OCC4CC4)cc3)c3ccccc32)c1. The highest BCUT2D eigenvalue weighted by Gasteiger charge is 2.22. The minimum absolute atomic E-state index is 0.0338. The summed E-state index contributed by atoms with van der Waals surface area (Å²) in [5.74, 6) is 2.47. The summed E-state index contributed by atoms with van der Waals surface area (Å²) in [6, 6.07) is 24.7. The lowest BCUT2D eigenvalue weighted by atomic mass is 10.0. The second-order valence-electron chi connectivity index (χ2n) is 8.21. The van der Waals surface area contributed by atoms with Crippen LogP contribution in [0.2, 0.25) is 0 Å². The third-order valence-corrected chi connectivity index (χ3v) is 6.03. The number of fused-ring (bicyclic) bond motifs is 1. The van der Waals surface area contributed by atoms with Crippen LogP contribution in [0.4, 0.5) is 0 Å². The van der Waals surface area contributed by atoms with E-state index in [2.05, 4.69) is 41.0 Å². The van der Waals surface area contributed by atoms with E-state index in [1.54, 1.807) is 7.11 Å². The van der Waals surface area contributed by atoms with Crippen molar-refractivity contribution in [1.82, 2.24) is 4.57 Å². The number of ether oxygens (including phenoxy) is 2. The molecule has 158 valence electrons. The van der Waals surface area contributed by atoms with Gasteiger partial charge in [-0.3, -0.25) is 0 Å². The lowest BCUT2D eigenvalue weighted by molar-refractivity contribution is 0.273. The van der Waals surface area contributed by atoms with Crippen LogP contribution in [0.5, 0.6) is 11.5 Å². The average molecular weight is 414 g/mol. The number of nitrogens with zero attached hydrogens (tertiary/aromatic N) is 1. The fraction of sp³-hybridized carbons (Fsp3) is 0.259. The highest BCUT2D eigenvalue weighted by Crippen LogP contribution is 2.37. The van der Waals surface area contributed by atoms with E-state index in [4.69, 9.17) is 9.47 Å². The van der Waals surface area contributed by atoms with Crippen molar-refractivity contribution in [2.45, 2.75) is 26.0 Å². The topological polar surface area (TPSA) is 43.6 Å². The molecule has 3 aromatic carbocycles. The van der Waals surface area contributed by atoms with E-state index in [0.717, 1.165) is 57.3 Å². The number of aliphatic hydroxyl groups is 1. The number of hydrogen-bond acceptors (Lipinski definition) is 3. The minimum atomic E-state index is -0.0338. The summed E-state index contributed by atoms with van der Waals surface area (Å²) in [5.41, 5.74) is 5.32. The Morgan fingerprint density at radius 2 is 1.74 bits per heavy atom. The highest BCUT2D eigenvalue weighted by molar-refractivity contribution is 5.98. The molecule has 1 saturated carbocycles. The highest BCUT2D eigenvalue weighted by atomic mass is 16.5. The van der Waals surface area contributed by atoms with Gasteiger partial charge in [-0.2, -0.15) is 0 Å². The summed E-state index contributed by atoms with van der Waals surface area (Å²) in [5, 5.41) is 11.5. The zero-order chi connectivity index (χ0) is 21.2. The minimum Gasteiger partial charge on any atom is -0.497 e. The van der Waals surface area contributed by atoms with Crippen LogP contribution in [0.3, 0.4) is 0 Å². The molecule has 1 aliphatic carbocycles. The van der Waals surface area contributed by atoms with Crippen LogP contribution in [0.1, 0.15) is 24.1 Å². The Labute approximate surface area is 182 Å². The van der Waals surface area contributed by atoms with E-state index in [0.29, 0.717) is 6.54 Å². The van der Waals surface area contributed by atoms with E-state index in [1.807, 2.05) is 36.4 Å². The Morgan fingerprint density at radius 3 is 2.48 bits per heavy atom. The molecule has 0 amide bonds. The molecular weight excluding hydrogens is 386 g/mol. The van der Waals surface area contributed by atoms with Gasteiger partial charge in [-0.15, -0.1) is 0 Å². The fourth-order valence-electron chi connectivity index (χ4n) is 4.19. The molecule has 0 spiro atoms. The Morgan fingerprint density at radius 1 is 0.935 bits per heavy atom. The Bertz CT molecular complexity index is 1190. The van der Waals surface area contributed by atoms with Gasteiger partial charge in [0.1, 0.15) is 11.5 Å². The summed E-state index contributed by atoms with van der Waals surface area (Å²) in [6.45, 7) is 1.44. The first kappa shape index (κ1) is 19.7. The van der Waals surface area contributed by atoms with Crippen LogP contribution in [0.25, 0.3) is 22.0 Å². The van der Waals surface area contributed by atoms with Crippen LogP contribution in [-0.2, 0) is 13.2 Å². The van der Waals surface area contributed by atoms with Gasteiger partial charge in [0, 0.05) is 23.0 Å². The molecule has 1 aromatic heterocycles. The first-order valence-electron chi connectivity index (χ1n) is 10.8. The van der Waals surface area contributed by atoms with Crippen LogP contribution in [-0.4, -0.2) is 23.4 Å². The molecule has 1 heterocycles. The van der Waals surface area contributed by atoms with E-state index >= 15 is 0 Å². The summed E-state index contributed by atoms with van der Waals surface area (Å²) in [4.78, 5) is 0. The van der Waals surface area contributed by atoms with Gasteiger partial charge in [0.2, 0.25) is 0 Å². The maximum Gasteiger partial charge on any atom is 0.119 e. The zero-order valence-corrected chi connectivity index (χ0v) is 17.8. The molecule has 0 aliphatic heterocycles. The number of methoxy groups -OCH3 is 1. The smallest absolute Gasteiger partial charge is 0.119 e. The third-order valence-electron chi connectivity index (χ3n) is 6.03. The lowest BCUT2D eigenvalue weighted by Gasteiger charge is -2.12. The van der Waals surface area contributed by atoms with E-state index in [1.165, 1.54) is 12.8 Å². The predicted molar refractivity (Wildman–Crippen MR) is 124 cm³/mol. The molecule has 1 aliphatic rings. The zero-order valence-electron chi connectivity index (χ0n) is 17.8. The van der Waals surface area contributed by atoms with Crippen LogP contribution in [0, 0.1) is 5.92 Å². The molecule has 0 bridgehead atoms. The van der Waals surface area contributed by atoms with Gasteiger partial charge >= 0.3 is 0 Å². The lowest BCUT2D eigenvalue weighted by Crippen LogP contribution is -2.05. The number of hydrogen-bond donors (Lipinski definition) is 1. The van der Waals surface area contributed by atoms with Crippen LogP contribution in [0.15, 0.2) is 72.8 Å². The summed E-state index contributed by atoms with van der Waals surface area (Å²) in [7, 11) is 1.68. The second kappa shape index (κ2) is 8.48. The van der Waals surface area contributed by atoms with Crippen molar-refractivity contribution in [2.75, 3.05) is 13.7 Å². The van der Waals surface area contributed by atoms with Gasteiger partial charge in [-0.05, 0) is 60.2 Å². The summed E-state index contributed by atoms with van der Waals surface area (Å²) in [6.07, 6.45) is 2.56. The van der Waals surface area contributed by atoms with E-state index in [-0.39, 0.29) is 6.61 Å². The first-order chi connectivity index (χ1) is 15.3. The maximum atomic E-state index is 10.4. The van der Waals surface area contributed by atoms with Gasteiger partial charge in [-0.25, -0.2) is 0 Å². The van der Waals surface area contributed by atoms with Crippen molar-refractivity contribution < 1.29 is 14.6 Å². The van der Waals surface area contributed by atoms with Crippen molar-refractivity contribution >= 4 is 10.9 Å². The monoisotopic (exact) mass is 413 g/mol. The third kappa shape index (κ3) is 4.04. The number of benzene rings is 3. The normalized spacial score (nSPS) is 13.5. The van der Waals surface area contributed by atoms with E-state index < -0.39 is 0 Å². The molecule has 0 radical (unpaired) electrons. The van der Waals surface area contributed by atoms with Gasteiger partial charge in [0.25, 0.3) is 0 Å². The number of rotatable bonds is 8. The number of para-hydroxylation sites is 1. The molecular formula is C27H27NO3. The predicted octanol–water partition coefficient (Wildman–Crippen LogP) is 5.65.